The second-order valence-electron chi connectivity index (χ2n) is 8.30. The monoisotopic (exact) mass is 416 g/mol. The highest BCUT2D eigenvalue weighted by Crippen LogP contribution is 2.08. The van der Waals surface area contributed by atoms with Crippen molar-refractivity contribution in [3.8, 4) is 0 Å². The number of carbonyl (C=O) groups excluding carboxylic acids is 3. The van der Waals surface area contributed by atoms with Gasteiger partial charge in [0.2, 0.25) is 17.7 Å². The van der Waals surface area contributed by atoms with Crippen LogP contribution in [-0.2, 0) is 19.2 Å². The minimum Gasteiger partial charge on any atom is -0.480 e. The van der Waals surface area contributed by atoms with E-state index >= 15 is 0 Å². The third-order valence-electron chi connectivity index (χ3n) is 4.56. The summed E-state index contributed by atoms with van der Waals surface area (Å²) in [4.78, 5) is 48.8. The number of amides is 3. The third kappa shape index (κ3) is 8.36. The SMILES string of the molecule is CC(C)C(N)C(=O)NC(C(=O)NC(C(=O)NC(C(=O)O)C(C)C)C(C)C)C(C)O. The van der Waals surface area contributed by atoms with Gasteiger partial charge >= 0.3 is 5.97 Å². The van der Waals surface area contributed by atoms with Crippen molar-refractivity contribution in [3.05, 3.63) is 0 Å². The van der Waals surface area contributed by atoms with Crippen molar-refractivity contribution >= 4 is 23.7 Å². The van der Waals surface area contributed by atoms with E-state index in [0.29, 0.717) is 0 Å². The number of rotatable bonds is 11. The number of nitrogens with two attached hydrogens (primary N) is 1. The van der Waals surface area contributed by atoms with Crippen LogP contribution in [0.1, 0.15) is 48.5 Å². The molecule has 0 fully saturated rings. The van der Waals surface area contributed by atoms with Crippen molar-refractivity contribution in [1.82, 2.24) is 16.0 Å². The highest BCUT2D eigenvalue weighted by atomic mass is 16.4. The molecule has 0 aromatic rings. The Morgan fingerprint density at radius 3 is 1.38 bits per heavy atom. The maximum atomic E-state index is 12.7. The van der Waals surface area contributed by atoms with Crippen LogP contribution >= 0.6 is 0 Å². The van der Waals surface area contributed by atoms with Gasteiger partial charge in [0.1, 0.15) is 18.1 Å². The van der Waals surface area contributed by atoms with Crippen LogP contribution in [0.2, 0.25) is 0 Å². The molecule has 0 heterocycles. The van der Waals surface area contributed by atoms with E-state index in [-0.39, 0.29) is 17.8 Å². The van der Waals surface area contributed by atoms with E-state index in [2.05, 4.69) is 16.0 Å². The number of hydrogen-bond donors (Lipinski definition) is 6. The number of carboxylic acids is 1. The highest BCUT2D eigenvalue weighted by molar-refractivity contribution is 5.94. The lowest BCUT2D eigenvalue weighted by Gasteiger charge is -2.29. The molecule has 3 amide bonds. The molecular weight excluding hydrogens is 380 g/mol. The minimum absolute atomic E-state index is 0.175. The van der Waals surface area contributed by atoms with Gasteiger partial charge in [-0.25, -0.2) is 4.79 Å². The molecule has 0 aliphatic carbocycles. The summed E-state index contributed by atoms with van der Waals surface area (Å²) in [5, 5.41) is 26.5. The predicted octanol–water partition coefficient (Wildman–Crippen LogP) is -0.798. The van der Waals surface area contributed by atoms with Gasteiger partial charge in [-0.1, -0.05) is 41.5 Å². The highest BCUT2D eigenvalue weighted by Gasteiger charge is 2.34. The van der Waals surface area contributed by atoms with Crippen LogP contribution in [0.4, 0.5) is 0 Å². The summed E-state index contributed by atoms with van der Waals surface area (Å²) in [6.45, 7) is 11.5. The van der Waals surface area contributed by atoms with Gasteiger partial charge in [-0.05, 0) is 24.7 Å². The Balaban J connectivity index is 5.37. The fourth-order valence-electron chi connectivity index (χ4n) is 2.49. The van der Waals surface area contributed by atoms with E-state index < -0.39 is 54.0 Å². The van der Waals surface area contributed by atoms with E-state index in [0.717, 1.165) is 0 Å². The number of aliphatic hydroxyl groups excluding tert-OH is 1. The summed E-state index contributed by atoms with van der Waals surface area (Å²) in [7, 11) is 0. The summed E-state index contributed by atoms with van der Waals surface area (Å²) in [6, 6.07) is -4.35. The lowest BCUT2D eigenvalue weighted by molar-refractivity contribution is -0.144. The zero-order chi connectivity index (χ0) is 23.0. The van der Waals surface area contributed by atoms with E-state index in [9.17, 15) is 29.4 Å². The van der Waals surface area contributed by atoms with Gasteiger partial charge in [0, 0.05) is 0 Å². The van der Waals surface area contributed by atoms with Crippen molar-refractivity contribution < 1.29 is 29.4 Å². The Morgan fingerprint density at radius 2 is 1.03 bits per heavy atom. The Labute approximate surface area is 172 Å². The first-order valence-electron chi connectivity index (χ1n) is 9.78. The van der Waals surface area contributed by atoms with Gasteiger partial charge in [-0.15, -0.1) is 0 Å². The molecule has 5 atom stereocenters. The fraction of sp³-hybridized carbons (Fsp3) is 0.789. The second-order valence-corrected chi connectivity index (χ2v) is 8.30. The lowest BCUT2D eigenvalue weighted by atomic mass is 9.99. The van der Waals surface area contributed by atoms with Gasteiger partial charge in [0.15, 0.2) is 0 Å². The van der Waals surface area contributed by atoms with Gasteiger partial charge in [-0.3, -0.25) is 14.4 Å². The van der Waals surface area contributed by atoms with Gasteiger partial charge in [-0.2, -0.15) is 0 Å². The zero-order valence-electron chi connectivity index (χ0n) is 18.2. The molecule has 0 aromatic heterocycles. The molecule has 29 heavy (non-hydrogen) atoms. The normalized spacial score (nSPS) is 16.7. The fourth-order valence-corrected chi connectivity index (χ4v) is 2.49. The summed E-state index contributed by atoms with van der Waals surface area (Å²) >= 11 is 0. The van der Waals surface area contributed by atoms with Crippen molar-refractivity contribution in [2.24, 2.45) is 23.5 Å². The number of carbonyl (C=O) groups is 4. The largest absolute Gasteiger partial charge is 0.480 e. The quantitative estimate of drug-likeness (QED) is 0.256. The van der Waals surface area contributed by atoms with E-state index in [1.54, 1.807) is 41.5 Å². The Morgan fingerprint density at radius 1 is 0.655 bits per heavy atom. The molecule has 0 radical (unpaired) electrons. The topological polar surface area (TPSA) is 171 Å². The van der Waals surface area contributed by atoms with Crippen molar-refractivity contribution in [2.75, 3.05) is 0 Å². The first kappa shape index (κ1) is 26.8. The van der Waals surface area contributed by atoms with E-state index in [1.807, 2.05) is 0 Å². The number of carboxylic acid groups (broad SMARTS) is 1. The Bertz CT molecular complexity index is 591. The Kier molecular flexibility index (Phi) is 10.8. The molecule has 168 valence electrons. The minimum atomic E-state index is -1.32. The van der Waals surface area contributed by atoms with Crippen LogP contribution in [0.3, 0.4) is 0 Å². The standard InChI is InChI=1S/C19H36N4O6/c1-8(2)12(20)16(25)23-15(11(7)24)18(27)21-13(9(3)4)17(26)22-14(10(5)6)19(28)29/h8-15,24H,20H2,1-7H3,(H,21,27)(H,22,26)(H,23,25)(H,28,29). The van der Waals surface area contributed by atoms with Gasteiger partial charge < -0.3 is 31.9 Å². The molecule has 0 aliphatic heterocycles. The molecule has 0 aliphatic rings. The maximum Gasteiger partial charge on any atom is 0.326 e. The molecule has 0 saturated heterocycles. The molecule has 7 N–H and O–H groups in total. The smallest absolute Gasteiger partial charge is 0.326 e. The predicted molar refractivity (Wildman–Crippen MR) is 108 cm³/mol. The molecule has 0 aromatic carbocycles. The van der Waals surface area contributed by atoms with Crippen molar-refractivity contribution in [3.63, 3.8) is 0 Å². The Hall–Kier alpha value is -2.20. The molecule has 5 unspecified atom stereocenters. The molecule has 0 saturated carbocycles. The maximum absolute atomic E-state index is 12.7. The first-order chi connectivity index (χ1) is 13.2. The van der Waals surface area contributed by atoms with Crippen molar-refractivity contribution in [2.45, 2.75) is 78.7 Å². The number of aliphatic carboxylic acids is 1. The molecule has 10 nitrogen and oxygen atoms in total. The van der Waals surface area contributed by atoms with Gasteiger partial charge in [0.05, 0.1) is 12.1 Å². The molecule has 0 rings (SSSR count). The van der Waals surface area contributed by atoms with Crippen molar-refractivity contribution in [1.29, 1.82) is 0 Å². The molecule has 0 bridgehead atoms. The number of aliphatic hydroxyl groups is 1. The summed E-state index contributed by atoms with van der Waals surface area (Å²) in [5.41, 5.74) is 5.77. The third-order valence-corrected chi connectivity index (χ3v) is 4.56. The van der Waals surface area contributed by atoms with Gasteiger partial charge in [0.25, 0.3) is 0 Å². The average Bonchev–Trinajstić information content (AvgIpc) is 2.59. The molecule has 10 heteroatoms. The summed E-state index contributed by atoms with van der Waals surface area (Å²) < 4.78 is 0. The lowest BCUT2D eigenvalue weighted by Crippen LogP contribution is -2.61. The van der Waals surface area contributed by atoms with E-state index in [1.165, 1.54) is 6.92 Å². The van der Waals surface area contributed by atoms with Crippen LogP contribution in [-0.4, -0.2) is 64.2 Å². The second kappa shape index (κ2) is 11.7. The summed E-state index contributed by atoms with van der Waals surface area (Å²) in [5.74, 6) is -4.12. The van der Waals surface area contributed by atoms with Crippen LogP contribution in [0, 0.1) is 17.8 Å². The zero-order valence-corrected chi connectivity index (χ0v) is 18.2. The number of hydrogen-bond acceptors (Lipinski definition) is 6. The average molecular weight is 417 g/mol. The number of nitrogens with one attached hydrogen (secondary N) is 3. The first-order valence-corrected chi connectivity index (χ1v) is 9.78. The van der Waals surface area contributed by atoms with Crippen LogP contribution in [0.25, 0.3) is 0 Å². The van der Waals surface area contributed by atoms with E-state index in [4.69, 9.17) is 5.73 Å². The van der Waals surface area contributed by atoms with Crippen LogP contribution in [0.15, 0.2) is 0 Å². The molecular formula is C19H36N4O6. The van der Waals surface area contributed by atoms with Crippen LogP contribution in [0.5, 0.6) is 0 Å². The molecule has 0 spiro atoms. The summed E-state index contributed by atoms with van der Waals surface area (Å²) in [6.07, 6.45) is -1.24. The van der Waals surface area contributed by atoms with Crippen LogP contribution < -0.4 is 21.7 Å².